The third kappa shape index (κ3) is 1.94. The highest BCUT2D eigenvalue weighted by atomic mass is 15.1. The van der Waals surface area contributed by atoms with Crippen LogP contribution in [0.1, 0.15) is 39.0 Å². The topological polar surface area (TPSA) is 24.1 Å². The van der Waals surface area contributed by atoms with Gasteiger partial charge in [-0.3, -0.25) is 0 Å². The Morgan fingerprint density at radius 3 is 3.07 bits per heavy atom. The van der Waals surface area contributed by atoms with Gasteiger partial charge < -0.3 is 10.6 Å². The summed E-state index contributed by atoms with van der Waals surface area (Å²) in [4.78, 5) is 0. The number of nitrogens with one attached hydrogen (secondary N) is 2. The minimum Gasteiger partial charge on any atom is -0.312 e. The molecule has 0 bridgehead atoms. The first kappa shape index (κ1) is 10.1. The summed E-state index contributed by atoms with van der Waals surface area (Å²) in [6.45, 7) is 4.83. The molecular formula is C13H24N2. The van der Waals surface area contributed by atoms with Gasteiger partial charge in [0.25, 0.3) is 0 Å². The van der Waals surface area contributed by atoms with Crippen LogP contribution in [0.5, 0.6) is 0 Å². The predicted octanol–water partition coefficient (Wildman–Crippen LogP) is 1.76. The summed E-state index contributed by atoms with van der Waals surface area (Å²) in [5, 5.41) is 7.46. The maximum atomic E-state index is 3.75. The second kappa shape index (κ2) is 4.06. The van der Waals surface area contributed by atoms with Crippen molar-refractivity contribution in [1.29, 1.82) is 0 Å². The first-order valence-electron chi connectivity index (χ1n) is 6.85. The van der Waals surface area contributed by atoms with Crippen molar-refractivity contribution in [3.63, 3.8) is 0 Å². The maximum Gasteiger partial charge on any atom is 0.0224 e. The molecular weight excluding hydrogens is 184 g/mol. The average Bonchev–Trinajstić information content (AvgIpc) is 2.67. The molecule has 0 amide bonds. The molecule has 0 aromatic heterocycles. The zero-order valence-corrected chi connectivity index (χ0v) is 9.84. The first-order chi connectivity index (χ1) is 7.38. The SMILES string of the molecule is CCC1CC1NCC1NCC2CCCC21. The maximum absolute atomic E-state index is 3.75. The molecule has 1 heterocycles. The standard InChI is InChI=1S/C13H24N2/c1-2-9-6-12(9)15-8-13-11-5-3-4-10(11)7-14-13/h9-15H,2-8H2,1H3. The molecule has 5 atom stereocenters. The Kier molecular flexibility index (Phi) is 2.73. The summed E-state index contributed by atoms with van der Waals surface area (Å²) in [6, 6.07) is 1.65. The van der Waals surface area contributed by atoms with Crippen LogP contribution in [0, 0.1) is 17.8 Å². The Morgan fingerprint density at radius 1 is 1.33 bits per heavy atom. The summed E-state index contributed by atoms with van der Waals surface area (Å²) in [7, 11) is 0. The fraction of sp³-hybridized carbons (Fsp3) is 1.00. The molecule has 1 saturated heterocycles. The molecule has 0 spiro atoms. The van der Waals surface area contributed by atoms with Gasteiger partial charge in [0.15, 0.2) is 0 Å². The smallest absolute Gasteiger partial charge is 0.0224 e. The largest absolute Gasteiger partial charge is 0.312 e. The highest BCUT2D eigenvalue weighted by Crippen LogP contribution is 2.38. The second-order valence-electron chi connectivity index (χ2n) is 5.79. The van der Waals surface area contributed by atoms with Gasteiger partial charge in [-0.2, -0.15) is 0 Å². The highest BCUT2D eigenvalue weighted by Gasteiger charge is 2.40. The Hall–Kier alpha value is -0.0800. The minimum absolute atomic E-state index is 0.788. The third-order valence-corrected chi connectivity index (χ3v) is 4.92. The van der Waals surface area contributed by atoms with Gasteiger partial charge in [-0.05, 0) is 43.6 Å². The van der Waals surface area contributed by atoms with Crippen LogP contribution in [0.3, 0.4) is 0 Å². The van der Waals surface area contributed by atoms with Crippen molar-refractivity contribution in [2.45, 2.75) is 51.1 Å². The lowest BCUT2D eigenvalue weighted by molar-refractivity contribution is 0.390. The summed E-state index contributed by atoms with van der Waals surface area (Å²) >= 11 is 0. The second-order valence-corrected chi connectivity index (χ2v) is 5.79. The van der Waals surface area contributed by atoms with Crippen molar-refractivity contribution in [2.24, 2.45) is 17.8 Å². The Labute approximate surface area is 93.2 Å². The number of hydrogen-bond acceptors (Lipinski definition) is 2. The molecule has 0 radical (unpaired) electrons. The Bertz CT molecular complexity index is 229. The van der Waals surface area contributed by atoms with Crippen LogP contribution in [-0.4, -0.2) is 25.2 Å². The molecule has 2 heteroatoms. The van der Waals surface area contributed by atoms with Crippen LogP contribution in [0.4, 0.5) is 0 Å². The van der Waals surface area contributed by atoms with Crippen LogP contribution in [0.2, 0.25) is 0 Å². The van der Waals surface area contributed by atoms with Gasteiger partial charge in [-0.25, -0.2) is 0 Å². The van der Waals surface area contributed by atoms with Crippen molar-refractivity contribution < 1.29 is 0 Å². The van der Waals surface area contributed by atoms with E-state index in [1.54, 1.807) is 0 Å². The van der Waals surface area contributed by atoms with E-state index in [4.69, 9.17) is 0 Å². The van der Waals surface area contributed by atoms with E-state index in [1.807, 2.05) is 0 Å². The van der Waals surface area contributed by atoms with E-state index in [1.165, 1.54) is 45.2 Å². The summed E-state index contributed by atoms with van der Waals surface area (Å²) in [6.07, 6.45) is 7.23. The zero-order valence-electron chi connectivity index (χ0n) is 9.84. The number of fused-ring (bicyclic) bond motifs is 1. The van der Waals surface area contributed by atoms with E-state index >= 15 is 0 Å². The molecule has 3 rings (SSSR count). The molecule has 2 saturated carbocycles. The fourth-order valence-electron chi connectivity index (χ4n) is 3.75. The Morgan fingerprint density at radius 2 is 2.27 bits per heavy atom. The van der Waals surface area contributed by atoms with Crippen molar-refractivity contribution in [3.05, 3.63) is 0 Å². The van der Waals surface area contributed by atoms with Crippen LogP contribution < -0.4 is 10.6 Å². The van der Waals surface area contributed by atoms with E-state index in [-0.39, 0.29) is 0 Å². The van der Waals surface area contributed by atoms with E-state index in [9.17, 15) is 0 Å². The first-order valence-corrected chi connectivity index (χ1v) is 6.85. The van der Waals surface area contributed by atoms with Crippen LogP contribution >= 0.6 is 0 Å². The highest BCUT2D eigenvalue weighted by molar-refractivity contribution is 4.98. The van der Waals surface area contributed by atoms with Gasteiger partial charge in [0, 0.05) is 18.6 Å². The van der Waals surface area contributed by atoms with Gasteiger partial charge in [0.05, 0.1) is 0 Å². The fourth-order valence-corrected chi connectivity index (χ4v) is 3.75. The third-order valence-electron chi connectivity index (χ3n) is 4.92. The van der Waals surface area contributed by atoms with E-state index < -0.39 is 0 Å². The molecule has 15 heavy (non-hydrogen) atoms. The number of hydrogen-bond donors (Lipinski definition) is 2. The molecule has 2 N–H and O–H groups in total. The van der Waals surface area contributed by atoms with Gasteiger partial charge in [0.1, 0.15) is 0 Å². The average molecular weight is 208 g/mol. The van der Waals surface area contributed by atoms with E-state index in [0.717, 1.165) is 29.8 Å². The predicted molar refractivity (Wildman–Crippen MR) is 62.8 cm³/mol. The van der Waals surface area contributed by atoms with Crippen LogP contribution in [-0.2, 0) is 0 Å². The molecule has 3 aliphatic rings. The van der Waals surface area contributed by atoms with Crippen LogP contribution in [0.25, 0.3) is 0 Å². The zero-order chi connectivity index (χ0) is 10.3. The molecule has 2 aliphatic carbocycles. The monoisotopic (exact) mass is 208 g/mol. The number of rotatable bonds is 4. The lowest BCUT2D eigenvalue weighted by Gasteiger charge is -2.18. The lowest BCUT2D eigenvalue weighted by Crippen LogP contribution is -2.39. The minimum atomic E-state index is 0.788. The molecule has 1 aliphatic heterocycles. The van der Waals surface area contributed by atoms with Crippen molar-refractivity contribution >= 4 is 0 Å². The summed E-state index contributed by atoms with van der Waals surface area (Å²) in [5.74, 6) is 3.00. The molecule has 86 valence electrons. The van der Waals surface area contributed by atoms with Crippen molar-refractivity contribution in [1.82, 2.24) is 10.6 Å². The quantitative estimate of drug-likeness (QED) is 0.735. The summed E-state index contributed by atoms with van der Waals surface area (Å²) in [5.41, 5.74) is 0. The lowest BCUT2D eigenvalue weighted by atomic mass is 9.94. The molecule has 0 aromatic rings. The van der Waals surface area contributed by atoms with Crippen LogP contribution in [0.15, 0.2) is 0 Å². The van der Waals surface area contributed by atoms with Gasteiger partial charge in [0.2, 0.25) is 0 Å². The molecule has 5 unspecified atom stereocenters. The van der Waals surface area contributed by atoms with Gasteiger partial charge in [-0.15, -0.1) is 0 Å². The van der Waals surface area contributed by atoms with E-state index in [0.29, 0.717) is 0 Å². The van der Waals surface area contributed by atoms with E-state index in [2.05, 4.69) is 17.6 Å². The Balaban J connectivity index is 1.44. The van der Waals surface area contributed by atoms with Crippen molar-refractivity contribution in [3.8, 4) is 0 Å². The molecule has 2 nitrogen and oxygen atoms in total. The van der Waals surface area contributed by atoms with Gasteiger partial charge in [-0.1, -0.05) is 19.8 Å². The molecule has 3 fully saturated rings. The van der Waals surface area contributed by atoms with Gasteiger partial charge >= 0.3 is 0 Å². The molecule has 0 aromatic carbocycles. The summed E-state index contributed by atoms with van der Waals surface area (Å²) < 4.78 is 0. The normalized spacial score (nSPS) is 48.2. The van der Waals surface area contributed by atoms with Crippen molar-refractivity contribution in [2.75, 3.05) is 13.1 Å².